The number of aryl methyl sites for hydroxylation is 1. The Morgan fingerprint density at radius 3 is 2.61 bits per heavy atom. The molecule has 6 nitrogen and oxygen atoms in total. The normalized spacial score (nSPS) is 13.7. The number of nitrogens with zero attached hydrogens (tertiary/aromatic N) is 2. The third-order valence-electron chi connectivity index (χ3n) is 4.40. The molecule has 2 aromatic carbocycles. The lowest BCUT2D eigenvalue weighted by molar-refractivity contribution is 0.0998. The van der Waals surface area contributed by atoms with Crippen LogP contribution in [0.3, 0.4) is 0 Å². The molecule has 0 atom stereocenters. The fraction of sp³-hybridized carbons (Fsp3) is 0.300. The van der Waals surface area contributed by atoms with Gasteiger partial charge in [-0.15, -0.1) is 0 Å². The molecule has 4 rings (SSSR count). The van der Waals surface area contributed by atoms with Gasteiger partial charge in [0.05, 0.1) is 17.3 Å². The van der Waals surface area contributed by atoms with E-state index in [0.717, 1.165) is 34.0 Å². The molecule has 1 aliphatic heterocycles. The van der Waals surface area contributed by atoms with Gasteiger partial charge in [0, 0.05) is 30.0 Å². The van der Waals surface area contributed by atoms with Gasteiger partial charge in [-0.3, -0.25) is 4.79 Å². The number of aromatic nitrogens is 1. The van der Waals surface area contributed by atoms with Crippen molar-refractivity contribution in [3.05, 3.63) is 46.8 Å². The Balaban J connectivity index is 1.79. The minimum absolute atomic E-state index is 0.274. The predicted octanol–water partition coefficient (Wildman–Crippen LogP) is 3.59. The van der Waals surface area contributed by atoms with E-state index < -0.39 is 0 Å². The SMILES string of the molecule is COc1ccc(C(=O)N=c2sc3cc4c(cc3n2CCSC)OCCO4)cc1. The monoisotopic (exact) mass is 416 g/mol. The van der Waals surface area contributed by atoms with E-state index in [2.05, 4.69) is 15.8 Å². The van der Waals surface area contributed by atoms with Gasteiger partial charge in [-0.25, -0.2) is 0 Å². The van der Waals surface area contributed by atoms with Crippen molar-refractivity contribution >= 4 is 39.2 Å². The van der Waals surface area contributed by atoms with Crippen LogP contribution in [-0.4, -0.2) is 42.8 Å². The lowest BCUT2D eigenvalue weighted by Gasteiger charge is -2.18. The molecule has 0 aliphatic carbocycles. The van der Waals surface area contributed by atoms with Crippen LogP contribution in [0, 0.1) is 0 Å². The first-order valence-electron chi connectivity index (χ1n) is 8.84. The van der Waals surface area contributed by atoms with Gasteiger partial charge in [0.1, 0.15) is 19.0 Å². The van der Waals surface area contributed by atoms with Crippen molar-refractivity contribution < 1.29 is 19.0 Å². The molecule has 28 heavy (non-hydrogen) atoms. The van der Waals surface area contributed by atoms with Crippen LogP contribution in [0.15, 0.2) is 41.4 Å². The highest BCUT2D eigenvalue weighted by atomic mass is 32.2. The minimum Gasteiger partial charge on any atom is -0.497 e. The molecule has 1 amide bonds. The van der Waals surface area contributed by atoms with Crippen molar-refractivity contribution in [3.63, 3.8) is 0 Å². The number of carbonyl (C=O) groups excluding carboxylic acids is 1. The Bertz CT molecular complexity index is 1070. The van der Waals surface area contributed by atoms with Gasteiger partial charge in [-0.05, 0) is 30.5 Å². The molecule has 0 unspecified atom stereocenters. The minimum atomic E-state index is -0.274. The summed E-state index contributed by atoms with van der Waals surface area (Å²) in [4.78, 5) is 17.8. The summed E-state index contributed by atoms with van der Waals surface area (Å²) in [5.74, 6) is 2.83. The highest BCUT2D eigenvalue weighted by molar-refractivity contribution is 7.98. The number of hydrogen-bond donors (Lipinski definition) is 0. The molecular weight excluding hydrogens is 396 g/mol. The predicted molar refractivity (Wildman–Crippen MR) is 112 cm³/mol. The largest absolute Gasteiger partial charge is 0.497 e. The number of benzene rings is 2. The van der Waals surface area contributed by atoms with Crippen LogP contribution in [0.1, 0.15) is 10.4 Å². The average Bonchev–Trinajstić information content (AvgIpc) is 3.06. The van der Waals surface area contributed by atoms with Crippen molar-refractivity contribution in [2.24, 2.45) is 4.99 Å². The number of ether oxygens (including phenoxy) is 3. The number of carbonyl (C=O) groups is 1. The molecule has 1 aromatic heterocycles. The maximum Gasteiger partial charge on any atom is 0.279 e. The molecule has 2 heterocycles. The Morgan fingerprint density at radius 2 is 1.93 bits per heavy atom. The summed E-state index contributed by atoms with van der Waals surface area (Å²) in [6.45, 7) is 1.85. The second-order valence-corrected chi connectivity index (χ2v) is 8.13. The van der Waals surface area contributed by atoms with E-state index in [-0.39, 0.29) is 5.91 Å². The van der Waals surface area contributed by atoms with Crippen LogP contribution >= 0.6 is 23.1 Å². The summed E-state index contributed by atoms with van der Waals surface area (Å²) in [7, 11) is 1.60. The van der Waals surface area contributed by atoms with E-state index in [4.69, 9.17) is 14.2 Å². The van der Waals surface area contributed by atoms with Gasteiger partial charge in [-0.2, -0.15) is 16.8 Å². The first kappa shape index (κ1) is 18.9. The lowest BCUT2D eigenvalue weighted by Crippen LogP contribution is -2.18. The van der Waals surface area contributed by atoms with Gasteiger partial charge in [0.25, 0.3) is 5.91 Å². The molecule has 146 valence electrons. The first-order valence-corrected chi connectivity index (χ1v) is 11.1. The van der Waals surface area contributed by atoms with Crippen molar-refractivity contribution in [2.45, 2.75) is 6.54 Å². The van der Waals surface area contributed by atoms with Crippen molar-refractivity contribution in [3.8, 4) is 17.2 Å². The molecule has 8 heteroatoms. The van der Waals surface area contributed by atoms with Crippen molar-refractivity contribution in [1.29, 1.82) is 0 Å². The highest BCUT2D eigenvalue weighted by Crippen LogP contribution is 2.35. The number of fused-ring (bicyclic) bond motifs is 2. The van der Waals surface area contributed by atoms with E-state index in [0.29, 0.717) is 29.3 Å². The Hall–Kier alpha value is -2.45. The zero-order chi connectivity index (χ0) is 19.5. The standard InChI is InChI=1S/C20H20N2O4S2/c1-24-14-5-3-13(4-6-14)19(23)21-20-22(7-10-27-2)15-11-16-17(12-18(15)28-20)26-9-8-25-16/h3-6,11-12H,7-10H2,1-2H3. The number of rotatable bonds is 5. The summed E-state index contributed by atoms with van der Waals surface area (Å²) in [5, 5.41) is 0. The third-order valence-corrected chi connectivity index (χ3v) is 6.03. The van der Waals surface area contributed by atoms with Gasteiger partial charge < -0.3 is 18.8 Å². The fourth-order valence-electron chi connectivity index (χ4n) is 2.98. The van der Waals surface area contributed by atoms with Gasteiger partial charge in [0.2, 0.25) is 0 Å². The van der Waals surface area contributed by atoms with E-state index in [1.807, 2.05) is 12.1 Å². The summed E-state index contributed by atoms with van der Waals surface area (Å²) in [6, 6.07) is 10.9. The number of amides is 1. The molecule has 0 bridgehead atoms. The smallest absolute Gasteiger partial charge is 0.279 e. The van der Waals surface area contributed by atoms with Crippen LogP contribution < -0.4 is 19.0 Å². The van der Waals surface area contributed by atoms with Crippen LogP contribution in [0.25, 0.3) is 10.2 Å². The highest BCUT2D eigenvalue weighted by Gasteiger charge is 2.17. The van der Waals surface area contributed by atoms with Crippen LogP contribution in [0.2, 0.25) is 0 Å². The average molecular weight is 417 g/mol. The Morgan fingerprint density at radius 1 is 1.21 bits per heavy atom. The fourth-order valence-corrected chi connectivity index (χ4v) is 4.41. The number of methoxy groups -OCH3 is 1. The lowest BCUT2D eigenvalue weighted by atomic mass is 10.2. The van der Waals surface area contributed by atoms with Crippen LogP contribution in [0.5, 0.6) is 17.2 Å². The third kappa shape index (κ3) is 3.74. The van der Waals surface area contributed by atoms with Crippen LogP contribution in [0.4, 0.5) is 0 Å². The van der Waals surface area contributed by atoms with Crippen LogP contribution in [-0.2, 0) is 6.54 Å². The molecule has 0 saturated carbocycles. The molecule has 0 radical (unpaired) electrons. The molecule has 0 saturated heterocycles. The maximum absolute atomic E-state index is 12.7. The molecular formula is C20H20N2O4S2. The van der Waals surface area contributed by atoms with Gasteiger partial charge >= 0.3 is 0 Å². The maximum atomic E-state index is 12.7. The molecule has 0 N–H and O–H groups in total. The summed E-state index contributed by atoms with van der Waals surface area (Å²) < 4.78 is 19.7. The summed E-state index contributed by atoms with van der Waals surface area (Å²) in [5.41, 5.74) is 1.53. The van der Waals surface area contributed by atoms with Gasteiger partial charge in [0.15, 0.2) is 16.3 Å². The molecule has 3 aromatic rings. The Labute approximate surface area is 170 Å². The van der Waals surface area contributed by atoms with E-state index in [1.54, 1.807) is 43.1 Å². The molecule has 1 aliphatic rings. The Kier molecular flexibility index (Phi) is 5.59. The molecule has 0 fully saturated rings. The zero-order valence-corrected chi connectivity index (χ0v) is 17.3. The second-order valence-electron chi connectivity index (χ2n) is 6.14. The topological polar surface area (TPSA) is 62.0 Å². The van der Waals surface area contributed by atoms with Crippen molar-refractivity contribution in [1.82, 2.24) is 4.57 Å². The quantitative estimate of drug-likeness (QED) is 0.636. The van der Waals surface area contributed by atoms with E-state index in [1.165, 1.54) is 11.3 Å². The first-order chi connectivity index (χ1) is 13.7. The van der Waals surface area contributed by atoms with Crippen molar-refractivity contribution in [2.75, 3.05) is 32.3 Å². The zero-order valence-electron chi connectivity index (χ0n) is 15.6. The number of thioether (sulfide) groups is 1. The molecule has 0 spiro atoms. The summed E-state index contributed by atoms with van der Waals surface area (Å²) >= 11 is 3.24. The van der Waals surface area contributed by atoms with E-state index in [9.17, 15) is 4.79 Å². The second kappa shape index (κ2) is 8.28. The number of thiazole rings is 1. The summed E-state index contributed by atoms with van der Waals surface area (Å²) in [6.07, 6.45) is 2.06. The number of hydrogen-bond acceptors (Lipinski definition) is 6. The van der Waals surface area contributed by atoms with E-state index >= 15 is 0 Å². The van der Waals surface area contributed by atoms with Gasteiger partial charge in [-0.1, -0.05) is 11.3 Å².